The van der Waals surface area contributed by atoms with Gasteiger partial charge in [0.2, 0.25) is 0 Å². The van der Waals surface area contributed by atoms with Crippen LogP contribution in [-0.2, 0) is 20.7 Å². The monoisotopic (exact) mass is 671 g/mol. The van der Waals surface area contributed by atoms with Gasteiger partial charge < -0.3 is 24.8 Å². The first-order valence-electron chi connectivity index (χ1n) is 18.3. The van der Waals surface area contributed by atoms with E-state index in [1.54, 1.807) is 0 Å². The number of carbonyl (C=O) groups is 1. The number of esters is 1. The Morgan fingerprint density at radius 2 is 1.70 bits per heavy atom. The molecule has 6 aliphatic rings. The van der Waals surface area contributed by atoms with Crippen molar-refractivity contribution in [2.45, 2.75) is 154 Å². The molecule has 5 saturated carbocycles. The van der Waals surface area contributed by atoms with E-state index in [4.69, 9.17) is 21.3 Å². The second-order valence-corrected chi connectivity index (χ2v) is 18.9. The summed E-state index contributed by atoms with van der Waals surface area (Å²) in [4.78, 5) is 16.7. The van der Waals surface area contributed by atoms with Crippen LogP contribution in [0.2, 0.25) is 0 Å². The molecule has 7 nitrogen and oxygen atoms in total. The van der Waals surface area contributed by atoms with Crippen molar-refractivity contribution in [3.63, 3.8) is 0 Å². The number of halogens is 1. The summed E-state index contributed by atoms with van der Waals surface area (Å²) in [6, 6.07) is 9.17. The Kier molecular flexibility index (Phi) is 7.93. The Morgan fingerprint density at radius 3 is 2.34 bits per heavy atom. The Morgan fingerprint density at radius 1 is 1.00 bits per heavy atom. The number of rotatable bonds is 7. The number of aliphatic hydroxyl groups excluding tert-OH is 2. The maximum absolute atomic E-state index is 14.0. The molecule has 1 heterocycles. The lowest BCUT2D eigenvalue weighted by Crippen LogP contribution is -2.63. The van der Waals surface area contributed by atoms with Crippen LogP contribution in [0.1, 0.15) is 112 Å². The molecule has 47 heavy (non-hydrogen) atoms. The average Bonchev–Trinajstić information content (AvgIpc) is 3.36. The van der Waals surface area contributed by atoms with E-state index in [1.807, 2.05) is 44.2 Å². The van der Waals surface area contributed by atoms with E-state index in [1.165, 1.54) is 0 Å². The second-order valence-electron chi connectivity index (χ2n) is 18.7. The predicted molar refractivity (Wildman–Crippen MR) is 181 cm³/mol. The second kappa shape index (κ2) is 10.9. The molecule has 1 aromatic rings. The number of aliphatic hydroxyl groups is 3. The SMILES string of the molecule is CC(C)(O)[C@@H]1CC[C@](C)([C@H]2[C@@H](O)C[C@@]3(C)C4C[C@H](OC(=O)[C@@H](Cc5ccccc5)NCl)[C@H]5C(C)(C)[C@@H](O)CC[C@@]56C[C@@]46CC[C@]23C)O1. The quantitative estimate of drug-likeness (QED) is 0.198. The van der Waals surface area contributed by atoms with Crippen LogP contribution in [-0.4, -0.2) is 62.9 Å². The van der Waals surface area contributed by atoms with Crippen LogP contribution < -0.4 is 4.84 Å². The van der Waals surface area contributed by atoms with Gasteiger partial charge in [-0.15, -0.1) is 0 Å². The summed E-state index contributed by atoms with van der Waals surface area (Å²) >= 11 is 6.20. The number of carbonyl (C=O) groups excluding carboxylic acids is 1. The van der Waals surface area contributed by atoms with Crippen molar-refractivity contribution in [3.8, 4) is 0 Å². The molecule has 13 atom stereocenters. The molecule has 0 radical (unpaired) electrons. The molecule has 1 aromatic carbocycles. The van der Waals surface area contributed by atoms with Gasteiger partial charge in [0.15, 0.2) is 0 Å². The van der Waals surface area contributed by atoms with Crippen LogP contribution in [0, 0.1) is 44.8 Å². The Balaban J connectivity index is 1.23. The van der Waals surface area contributed by atoms with Gasteiger partial charge in [0, 0.05) is 11.8 Å². The molecule has 0 aromatic heterocycles. The molecule has 0 amide bonds. The molecule has 1 aliphatic heterocycles. The first-order valence-corrected chi connectivity index (χ1v) is 18.6. The molecule has 0 bridgehead atoms. The molecular weight excluding hydrogens is 614 g/mol. The molecule has 7 rings (SSSR count). The molecule has 262 valence electrons. The Bertz CT molecular complexity index is 1380. The summed E-state index contributed by atoms with van der Waals surface area (Å²) < 4.78 is 13.4. The van der Waals surface area contributed by atoms with Crippen LogP contribution in [0.15, 0.2) is 30.3 Å². The number of ether oxygens (including phenoxy) is 2. The van der Waals surface area contributed by atoms with Crippen molar-refractivity contribution in [1.29, 1.82) is 0 Å². The van der Waals surface area contributed by atoms with Crippen LogP contribution >= 0.6 is 11.8 Å². The van der Waals surface area contributed by atoms with Crippen LogP contribution in [0.4, 0.5) is 0 Å². The van der Waals surface area contributed by atoms with Crippen LogP contribution in [0.5, 0.6) is 0 Å². The van der Waals surface area contributed by atoms with E-state index in [2.05, 4.69) is 39.5 Å². The topological polar surface area (TPSA) is 108 Å². The third-order valence-corrected chi connectivity index (χ3v) is 16.0. The number of hydrogen-bond acceptors (Lipinski definition) is 7. The Hall–Kier alpha value is -1.22. The molecule has 1 unspecified atom stereocenters. The molecule has 2 spiro atoms. The van der Waals surface area contributed by atoms with Crippen molar-refractivity contribution in [2.75, 3.05) is 0 Å². The predicted octanol–water partition coefficient (Wildman–Crippen LogP) is 6.34. The normalized spacial score (nSPS) is 48.9. The minimum absolute atomic E-state index is 0.0000601. The minimum atomic E-state index is -0.938. The highest BCUT2D eigenvalue weighted by Crippen LogP contribution is 2.89. The van der Waals surface area contributed by atoms with E-state index < -0.39 is 34.9 Å². The van der Waals surface area contributed by atoms with E-state index in [-0.39, 0.29) is 57.6 Å². The molecule has 5 aliphatic carbocycles. The van der Waals surface area contributed by atoms with Crippen molar-refractivity contribution in [3.05, 3.63) is 35.9 Å². The summed E-state index contributed by atoms with van der Waals surface area (Å²) in [7, 11) is 0. The molecule has 4 N–H and O–H groups in total. The van der Waals surface area contributed by atoms with Crippen LogP contribution in [0.3, 0.4) is 0 Å². The fourth-order valence-electron chi connectivity index (χ4n) is 13.5. The standard InChI is InChI=1S/C39H58ClNO6/c1-33(2)28(43)13-16-39-22-38(39)18-17-35(5)30(37(7)15-14-29(47-37)34(3,4)45)25(42)21-36(35,6)27(38)20-26(31(33)39)46-32(44)24(41-40)19-23-11-9-8-10-12-23/h8-12,24-31,41-43,45H,13-22H2,1-7H3/t24-,25+,26+,27?,28+,29+,30+,31+,35-,36+,37-,38+,39-/m1/s1. The molecular formula is C39H58ClNO6. The van der Waals surface area contributed by atoms with E-state index in [9.17, 15) is 20.1 Å². The summed E-state index contributed by atoms with van der Waals surface area (Å²) in [6.07, 6.45) is 6.78. The summed E-state index contributed by atoms with van der Waals surface area (Å²) in [6.45, 7) is 15.0. The highest BCUT2D eigenvalue weighted by atomic mass is 35.5. The minimum Gasteiger partial charge on any atom is -0.461 e. The van der Waals surface area contributed by atoms with E-state index >= 15 is 0 Å². The van der Waals surface area contributed by atoms with Crippen molar-refractivity contribution >= 4 is 17.7 Å². The Labute approximate surface area is 286 Å². The number of fused-ring (bicyclic) bond motifs is 2. The van der Waals surface area contributed by atoms with Gasteiger partial charge in [0.05, 0.1) is 29.5 Å². The molecule has 1 saturated heterocycles. The third kappa shape index (κ3) is 4.72. The van der Waals surface area contributed by atoms with Gasteiger partial charge in [0.1, 0.15) is 12.1 Å². The maximum Gasteiger partial charge on any atom is 0.325 e. The lowest BCUT2D eigenvalue weighted by molar-refractivity contribution is -0.221. The van der Waals surface area contributed by atoms with E-state index in [0.29, 0.717) is 12.8 Å². The number of hydrogen-bond donors (Lipinski definition) is 4. The van der Waals surface area contributed by atoms with Gasteiger partial charge in [-0.3, -0.25) is 4.79 Å². The molecule has 6 fully saturated rings. The first kappa shape index (κ1) is 34.2. The summed E-state index contributed by atoms with van der Waals surface area (Å²) in [5.74, 6) is -0.0888. The van der Waals surface area contributed by atoms with Crippen molar-refractivity contribution < 1.29 is 29.6 Å². The van der Waals surface area contributed by atoms with Gasteiger partial charge >= 0.3 is 5.97 Å². The zero-order valence-electron chi connectivity index (χ0n) is 29.5. The van der Waals surface area contributed by atoms with Gasteiger partial charge in [-0.25, -0.2) is 4.84 Å². The smallest absolute Gasteiger partial charge is 0.325 e. The van der Waals surface area contributed by atoms with E-state index in [0.717, 1.165) is 56.9 Å². The fraction of sp³-hybridized carbons (Fsp3) is 0.821. The number of benzene rings is 1. The van der Waals surface area contributed by atoms with Gasteiger partial charge in [-0.2, -0.15) is 0 Å². The highest BCUT2D eigenvalue weighted by Gasteiger charge is 2.85. The zero-order chi connectivity index (χ0) is 34.0. The summed E-state index contributed by atoms with van der Waals surface area (Å²) in [5, 5.41) is 34.3. The average molecular weight is 672 g/mol. The van der Waals surface area contributed by atoms with Gasteiger partial charge in [-0.1, -0.05) is 58.0 Å². The molecule has 8 heteroatoms. The van der Waals surface area contributed by atoms with Crippen molar-refractivity contribution in [2.24, 2.45) is 44.8 Å². The largest absolute Gasteiger partial charge is 0.461 e. The fourth-order valence-corrected chi connectivity index (χ4v) is 13.6. The zero-order valence-corrected chi connectivity index (χ0v) is 30.3. The van der Waals surface area contributed by atoms with Crippen molar-refractivity contribution in [1.82, 2.24) is 4.84 Å². The van der Waals surface area contributed by atoms with Gasteiger partial charge in [-0.05, 0) is 135 Å². The maximum atomic E-state index is 14.0. The highest BCUT2D eigenvalue weighted by molar-refractivity contribution is 6.14. The lowest BCUT2D eigenvalue weighted by Gasteiger charge is -2.64. The lowest BCUT2D eigenvalue weighted by atomic mass is 9.41. The first-order chi connectivity index (χ1) is 21.9. The van der Waals surface area contributed by atoms with Gasteiger partial charge in [0.25, 0.3) is 0 Å². The third-order valence-electron chi connectivity index (χ3n) is 15.7. The van der Waals surface area contributed by atoms with Crippen LogP contribution in [0.25, 0.3) is 0 Å². The number of nitrogens with one attached hydrogen (secondary N) is 1. The summed E-state index contributed by atoms with van der Waals surface area (Å²) in [5.41, 5.74) is -1.13.